The third-order valence-corrected chi connectivity index (χ3v) is 5.77. The Labute approximate surface area is 140 Å². The number of carbonyl (C=O) groups is 1. The largest absolute Gasteiger partial charge is 0.461 e. The molecule has 1 atom stereocenters. The zero-order valence-corrected chi connectivity index (χ0v) is 14.3. The van der Waals surface area contributed by atoms with E-state index >= 15 is 0 Å². The topological polar surface area (TPSA) is 109 Å². The summed E-state index contributed by atoms with van der Waals surface area (Å²) in [5, 5.41) is 9.72. The summed E-state index contributed by atoms with van der Waals surface area (Å²) in [6, 6.07) is 3.66. The van der Waals surface area contributed by atoms with E-state index < -0.39 is 22.0 Å². The Hall–Kier alpha value is -1.90. The molecule has 0 fully saturated rings. The highest BCUT2D eigenvalue weighted by molar-refractivity contribution is 7.89. The predicted octanol–water partition coefficient (Wildman–Crippen LogP) is 1.73. The molecular formula is C16H20N2O5S. The van der Waals surface area contributed by atoms with Gasteiger partial charge in [-0.2, -0.15) is 4.72 Å². The number of aryl methyl sites for hydroxylation is 2. The smallest absolute Gasteiger partial charge is 0.261 e. The van der Waals surface area contributed by atoms with Gasteiger partial charge in [0.15, 0.2) is 0 Å². The predicted molar refractivity (Wildman–Crippen MR) is 87.1 cm³/mol. The molecule has 130 valence electrons. The zero-order chi connectivity index (χ0) is 17.5. The summed E-state index contributed by atoms with van der Waals surface area (Å²) in [5.41, 5.74) is 3.18. The summed E-state index contributed by atoms with van der Waals surface area (Å²) in [7, 11) is -3.93. The zero-order valence-electron chi connectivity index (χ0n) is 13.5. The molecule has 0 saturated carbocycles. The van der Waals surface area contributed by atoms with Crippen LogP contribution in [0.15, 0.2) is 27.5 Å². The number of nitrogens with one attached hydrogen (secondary N) is 2. The van der Waals surface area contributed by atoms with Gasteiger partial charge in [-0.15, -0.1) is 0 Å². The molecule has 0 unspecified atom stereocenters. The molecule has 2 aromatic rings. The van der Waals surface area contributed by atoms with Gasteiger partial charge in [0.05, 0.1) is 4.90 Å². The fraction of sp³-hybridized carbons (Fsp3) is 0.438. The summed E-state index contributed by atoms with van der Waals surface area (Å²) < 4.78 is 33.2. The molecule has 0 bridgehead atoms. The molecule has 0 aliphatic heterocycles. The Morgan fingerprint density at radius 3 is 2.71 bits per heavy atom. The number of fused-ring (bicyclic) bond motifs is 3. The van der Waals surface area contributed by atoms with Gasteiger partial charge in [0.25, 0.3) is 5.91 Å². The Bertz CT molecular complexity index is 885. The van der Waals surface area contributed by atoms with Gasteiger partial charge < -0.3 is 4.42 Å². The van der Waals surface area contributed by atoms with Crippen molar-refractivity contribution in [2.24, 2.45) is 5.92 Å². The molecule has 0 radical (unpaired) electrons. The second-order valence-electron chi connectivity index (χ2n) is 6.33. The van der Waals surface area contributed by atoms with Gasteiger partial charge in [-0.3, -0.25) is 10.0 Å². The van der Waals surface area contributed by atoms with Gasteiger partial charge in [0.1, 0.15) is 17.4 Å². The quantitative estimate of drug-likeness (QED) is 0.561. The number of hydroxylamine groups is 1. The van der Waals surface area contributed by atoms with Gasteiger partial charge in [-0.05, 0) is 30.9 Å². The number of amides is 1. The molecule has 1 aromatic carbocycles. The van der Waals surface area contributed by atoms with Crippen molar-refractivity contribution in [3.8, 4) is 0 Å². The lowest BCUT2D eigenvalue weighted by molar-refractivity contribution is -0.131. The Balaban J connectivity index is 1.94. The molecule has 3 N–H and O–H groups in total. The summed E-state index contributed by atoms with van der Waals surface area (Å²) in [4.78, 5) is 11.7. The van der Waals surface area contributed by atoms with Crippen molar-refractivity contribution >= 4 is 26.9 Å². The van der Waals surface area contributed by atoms with Crippen LogP contribution < -0.4 is 10.2 Å². The first kappa shape index (κ1) is 16.9. The van der Waals surface area contributed by atoms with Gasteiger partial charge in [0, 0.05) is 23.4 Å². The van der Waals surface area contributed by atoms with Crippen molar-refractivity contribution in [2.45, 2.75) is 44.0 Å². The SMILES string of the molecule is CC(C)[C@H](NS(=O)(=O)c1ccc2c3c(oc2c1)CCC3)C(=O)NO. The van der Waals surface area contributed by atoms with Crippen LogP contribution in [-0.4, -0.2) is 25.6 Å². The highest BCUT2D eigenvalue weighted by Gasteiger charge is 2.29. The van der Waals surface area contributed by atoms with Crippen molar-refractivity contribution in [2.75, 3.05) is 0 Å². The van der Waals surface area contributed by atoms with E-state index in [-0.39, 0.29) is 10.8 Å². The van der Waals surface area contributed by atoms with Gasteiger partial charge in [0.2, 0.25) is 10.0 Å². The maximum Gasteiger partial charge on any atom is 0.261 e. The molecule has 0 spiro atoms. The molecule has 1 heterocycles. The van der Waals surface area contributed by atoms with Crippen molar-refractivity contribution in [1.82, 2.24) is 10.2 Å². The second-order valence-corrected chi connectivity index (χ2v) is 8.05. The number of hydrogen-bond acceptors (Lipinski definition) is 5. The molecule has 0 saturated heterocycles. The van der Waals surface area contributed by atoms with Crippen LogP contribution in [0.5, 0.6) is 0 Å². The van der Waals surface area contributed by atoms with Crippen LogP contribution in [0.1, 0.15) is 31.6 Å². The van der Waals surface area contributed by atoms with Gasteiger partial charge in [-0.1, -0.05) is 13.8 Å². The number of sulfonamides is 1. The molecular weight excluding hydrogens is 332 g/mol. The minimum Gasteiger partial charge on any atom is -0.461 e. The average Bonchev–Trinajstić information content (AvgIpc) is 3.11. The van der Waals surface area contributed by atoms with Crippen LogP contribution in [0.2, 0.25) is 0 Å². The number of benzene rings is 1. The van der Waals surface area contributed by atoms with Crippen LogP contribution in [0.3, 0.4) is 0 Å². The monoisotopic (exact) mass is 352 g/mol. The maximum atomic E-state index is 12.6. The van der Waals surface area contributed by atoms with Crippen molar-refractivity contribution in [3.63, 3.8) is 0 Å². The van der Waals surface area contributed by atoms with Crippen LogP contribution in [0, 0.1) is 5.92 Å². The molecule has 24 heavy (non-hydrogen) atoms. The summed E-state index contributed by atoms with van der Waals surface area (Å²) in [6.07, 6.45) is 2.87. The Kier molecular flexibility index (Phi) is 4.37. The number of hydrogen-bond donors (Lipinski definition) is 3. The van der Waals surface area contributed by atoms with E-state index in [1.165, 1.54) is 17.6 Å². The van der Waals surface area contributed by atoms with E-state index in [1.54, 1.807) is 19.9 Å². The standard InChI is InChI=1S/C16H20N2O5S/c1-9(2)15(16(19)17-20)18-24(21,22)10-6-7-12-11-4-3-5-13(11)23-14(12)8-10/h6-9,15,18,20H,3-5H2,1-2H3,(H,17,19)/t15-/m0/s1. The highest BCUT2D eigenvalue weighted by atomic mass is 32.2. The minimum atomic E-state index is -3.93. The van der Waals surface area contributed by atoms with E-state index in [2.05, 4.69) is 4.72 Å². The number of furan rings is 1. The first-order valence-electron chi connectivity index (χ1n) is 7.84. The molecule has 3 rings (SSSR count). The van der Waals surface area contributed by atoms with E-state index in [1.807, 2.05) is 0 Å². The lowest BCUT2D eigenvalue weighted by Gasteiger charge is -2.20. The fourth-order valence-electron chi connectivity index (χ4n) is 3.05. The van der Waals surface area contributed by atoms with Crippen LogP contribution in [0.4, 0.5) is 0 Å². The molecule has 7 nitrogen and oxygen atoms in total. The average molecular weight is 352 g/mol. The summed E-state index contributed by atoms with van der Waals surface area (Å²) in [5.74, 6) is -0.207. The van der Waals surface area contributed by atoms with E-state index in [0.717, 1.165) is 36.0 Å². The van der Waals surface area contributed by atoms with E-state index in [4.69, 9.17) is 9.62 Å². The molecule has 1 amide bonds. The third-order valence-electron chi connectivity index (χ3n) is 4.33. The maximum absolute atomic E-state index is 12.6. The molecule has 1 aliphatic carbocycles. The summed E-state index contributed by atoms with van der Waals surface area (Å²) >= 11 is 0. The lowest BCUT2D eigenvalue weighted by atomic mass is 10.1. The summed E-state index contributed by atoms with van der Waals surface area (Å²) in [6.45, 7) is 3.37. The second kappa shape index (κ2) is 6.19. The highest BCUT2D eigenvalue weighted by Crippen LogP contribution is 2.33. The normalized spacial score (nSPS) is 15.7. The third kappa shape index (κ3) is 2.92. The molecule has 1 aliphatic rings. The first-order chi connectivity index (χ1) is 11.3. The van der Waals surface area contributed by atoms with Gasteiger partial charge in [-0.25, -0.2) is 13.9 Å². The number of carbonyl (C=O) groups excluding carboxylic acids is 1. The first-order valence-corrected chi connectivity index (χ1v) is 9.32. The van der Waals surface area contributed by atoms with Crippen LogP contribution >= 0.6 is 0 Å². The van der Waals surface area contributed by atoms with Gasteiger partial charge >= 0.3 is 0 Å². The van der Waals surface area contributed by atoms with E-state index in [0.29, 0.717) is 5.58 Å². The van der Waals surface area contributed by atoms with Crippen molar-refractivity contribution < 1.29 is 22.8 Å². The molecule has 8 heteroatoms. The Morgan fingerprint density at radius 1 is 1.29 bits per heavy atom. The van der Waals surface area contributed by atoms with Crippen LogP contribution in [-0.2, 0) is 27.7 Å². The van der Waals surface area contributed by atoms with Crippen molar-refractivity contribution in [1.29, 1.82) is 0 Å². The number of rotatable bonds is 5. The minimum absolute atomic E-state index is 0.0267. The van der Waals surface area contributed by atoms with Crippen molar-refractivity contribution in [3.05, 3.63) is 29.5 Å². The van der Waals surface area contributed by atoms with Crippen LogP contribution in [0.25, 0.3) is 11.0 Å². The lowest BCUT2D eigenvalue weighted by Crippen LogP contribution is -2.48. The fourth-order valence-corrected chi connectivity index (χ4v) is 4.41. The molecule has 1 aromatic heterocycles. The Morgan fingerprint density at radius 2 is 2.04 bits per heavy atom. The van der Waals surface area contributed by atoms with E-state index in [9.17, 15) is 13.2 Å².